The number of carbonyl (C=O) groups is 2. The van der Waals surface area contributed by atoms with Gasteiger partial charge in [-0.3, -0.25) is 14.3 Å². The number of carbonyl (C=O) groups excluding carboxylic acids is 2. The maximum Gasteiger partial charge on any atom is 0.325 e. The summed E-state index contributed by atoms with van der Waals surface area (Å²) in [6.45, 7) is -0.160. The van der Waals surface area contributed by atoms with Gasteiger partial charge in [-0.15, -0.1) is 0 Å². The quantitative estimate of drug-likeness (QED) is 0.366. The number of hydrogen-bond acceptors (Lipinski definition) is 7. The summed E-state index contributed by atoms with van der Waals surface area (Å²) in [5, 5.41) is 0. The van der Waals surface area contributed by atoms with Crippen LogP contribution in [0.1, 0.15) is 10.4 Å². The lowest BCUT2D eigenvalue weighted by Crippen LogP contribution is -2.22. The Kier molecular flexibility index (Phi) is 7.17. The lowest BCUT2D eigenvalue weighted by atomic mass is 10.2. The number of anilines is 1. The van der Waals surface area contributed by atoms with Crippen molar-refractivity contribution in [1.82, 2.24) is 4.57 Å². The monoisotopic (exact) mass is 529 g/mol. The Morgan fingerprint density at radius 1 is 1.06 bits per heavy atom. The normalized spacial score (nSPS) is 11.9. The molecular formula is C24H20FN3O6S2. The van der Waals surface area contributed by atoms with Crippen molar-refractivity contribution < 1.29 is 31.9 Å². The maximum atomic E-state index is 13.2. The van der Waals surface area contributed by atoms with Gasteiger partial charge in [0.1, 0.15) is 18.1 Å². The third-order valence-corrected chi connectivity index (χ3v) is 7.53. The fourth-order valence-corrected chi connectivity index (χ4v) is 5.41. The van der Waals surface area contributed by atoms with Crippen LogP contribution in [0, 0.1) is 5.82 Å². The number of esters is 1. The van der Waals surface area contributed by atoms with E-state index in [9.17, 15) is 22.4 Å². The summed E-state index contributed by atoms with van der Waals surface area (Å²) in [5.41, 5.74) is 0.913. The Morgan fingerprint density at radius 2 is 1.81 bits per heavy atom. The van der Waals surface area contributed by atoms with Gasteiger partial charge < -0.3 is 14.0 Å². The Morgan fingerprint density at radius 3 is 2.50 bits per heavy atom. The molecule has 1 amide bonds. The van der Waals surface area contributed by atoms with Gasteiger partial charge in [-0.2, -0.15) is 4.99 Å². The number of benzene rings is 3. The Bertz CT molecular complexity index is 1630. The molecule has 4 aromatic rings. The molecule has 0 spiro atoms. The Hall–Kier alpha value is -4.03. The first-order chi connectivity index (χ1) is 17.2. The van der Waals surface area contributed by atoms with Crippen LogP contribution in [0.2, 0.25) is 0 Å². The number of nitrogens with zero attached hydrogens (tertiary/aromatic N) is 2. The fourth-order valence-electron chi connectivity index (χ4n) is 3.31. The van der Waals surface area contributed by atoms with E-state index in [-0.39, 0.29) is 27.5 Å². The first-order valence-corrected chi connectivity index (χ1v) is 12.7. The molecule has 1 aromatic heterocycles. The van der Waals surface area contributed by atoms with E-state index < -0.39 is 27.7 Å². The number of nitrogens with one attached hydrogen (secondary N) is 1. The third-order valence-electron chi connectivity index (χ3n) is 5.09. The molecule has 9 nitrogen and oxygen atoms in total. The number of halogens is 1. The molecule has 0 radical (unpaired) electrons. The van der Waals surface area contributed by atoms with E-state index in [4.69, 9.17) is 9.47 Å². The van der Waals surface area contributed by atoms with Crippen molar-refractivity contribution in [2.24, 2.45) is 4.99 Å². The first-order valence-electron chi connectivity index (χ1n) is 10.4. The zero-order valence-corrected chi connectivity index (χ0v) is 20.7. The van der Waals surface area contributed by atoms with E-state index in [1.54, 1.807) is 22.8 Å². The number of rotatable bonds is 7. The predicted molar refractivity (Wildman–Crippen MR) is 132 cm³/mol. The average Bonchev–Trinajstić information content (AvgIpc) is 3.19. The SMILES string of the molecule is COC(=O)Cn1c(=NC(=O)c2cccc(NS(=O)(=O)c3ccc(F)cc3)c2)sc2cc(OC)ccc21. The Labute approximate surface area is 209 Å². The molecule has 0 bridgehead atoms. The van der Waals surface area contributed by atoms with Gasteiger partial charge in [-0.1, -0.05) is 17.4 Å². The highest BCUT2D eigenvalue weighted by Gasteiger charge is 2.16. The lowest BCUT2D eigenvalue weighted by Gasteiger charge is -2.09. The van der Waals surface area contributed by atoms with Gasteiger partial charge in [0.05, 0.1) is 29.3 Å². The molecule has 3 aromatic carbocycles. The molecule has 0 aliphatic rings. The molecule has 0 atom stereocenters. The summed E-state index contributed by atoms with van der Waals surface area (Å²) in [5.74, 6) is -1.12. The molecule has 186 valence electrons. The largest absolute Gasteiger partial charge is 0.497 e. The highest BCUT2D eigenvalue weighted by atomic mass is 32.2. The predicted octanol–water partition coefficient (Wildman–Crippen LogP) is 3.57. The minimum atomic E-state index is -4.00. The van der Waals surface area contributed by atoms with E-state index in [1.807, 2.05) is 0 Å². The summed E-state index contributed by atoms with van der Waals surface area (Å²) in [4.78, 5) is 29.3. The van der Waals surface area contributed by atoms with Crippen molar-refractivity contribution in [2.45, 2.75) is 11.4 Å². The smallest absolute Gasteiger partial charge is 0.325 e. The topological polar surface area (TPSA) is 116 Å². The van der Waals surface area contributed by atoms with E-state index in [0.717, 1.165) is 29.0 Å². The van der Waals surface area contributed by atoms with E-state index in [1.165, 1.54) is 49.8 Å². The van der Waals surface area contributed by atoms with Gasteiger partial charge in [0.15, 0.2) is 4.80 Å². The number of fused-ring (bicyclic) bond motifs is 1. The van der Waals surface area contributed by atoms with Crippen LogP contribution in [0.15, 0.2) is 76.6 Å². The lowest BCUT2D eigenvalue weighted by molar-refractivity contribution is -0.141. The van der Waals surface area contributed by atoms with Crippen LogP contribution < -0.4 is 14.3 Å². The van der Waals surface area contributed by atoms with Crippen molar-refractivity contribution in [1.29, 1.82) is 0 Å². The number of aromatic nitrogens is 1. The van der Waals surface area contributed by atoms with Gasteiger partial charge in [0.25, 0.3) is 15.9 Å². The van der Waals surface area contributed by atoms with E-state index in [2.05, 4.69) is 9.71 Å². The second-order valence-electron chi connectivity index (χ2n) is 7.44. The molecule has 0 unspecified atom stereocenters. The molecular weight excluding hydrogens is 509 g/mol. The van der Waals surface area contributed by atoms with E-state index in [0.29, 0.717) is 11.3 Å². The summed E-state index contributed by atoms with van der Waals surface area (Å²) in [6, 6.07) is 15.4. The number of methoxy groups -OCH3 is 2. The molecule has 12 heteroatoms. The maximum absolute atomic E-state index is 13.2. The van der Waals surface area contributed by atoms with Crippen LogP contribution in [0.5, 0.6) is 5.75 Å². The minimum absolute atomic E-state index is 0.119. The number of thiazole rings is 1. The number of hydrogen-bond donors (Lipinski definition) is 1. The number of sulfonamides is 1. The Balaban J connectivity index is 1.69. The molecule has 0 saturated heterocycles. The molecule has 0 aliphatic heterocycles. The van der Waals surface area contributed by atoms with Crippen LogP contribution in [0.4, 0.5) is 10.1 Å². The van der Waals surface area contributed by atoms with Crippen molar-refractivity contribution >= 4 is 49.1 Å². The molecule has 0 fully saturated rings. The van der Waals surface area contributed by atoms with Crippen molar-refractivity contribution in [2.75, 3.05) is 18.9 Å². The van der Waals surface area contributed by atoms with Gasteiger partial charge in [-0.25, -0.2) is 12.8 Å². The van der Waals surface area contributed by atoms with Gasteiger partial charge in [0.2, 0.25) is 0 Å². The molecule has 0 saturated carbocycles. The van der Waals surface area contributed by atoms with Crippen LogP contribution in [-0.4, -0.2) is 39.1 Å². The highest BCUT2D eigenvalue weighted by molar-refractivity contribution is 7.92. The summed E-state index contributed by atoms with van der Waals surface area (Å²) in [7, 11) is -1.21. The van der Waals surface area contributed by atoms with Crippen molar-refractivity contribution in [3.8, 4) is 5.75 Å². The van der Waals surface area contributed by atoms with Crippen LogP contribution >= 0.6 is 11.3 Å². The molecule has 4 rings (SSSR count). The average molecular weight is 530 g/mol. The van der Waals surface area contributed by atoms with Crippen molar-refractivity contribution in [3.63, 3.8) is 0 Å². The molecule has 0 aliphatic carbocycles. The molecule has 1 N–H and O–H groups in total. The number of amides is 1. The third kappa shape index (κ3) is 5.44. The summed E-state index contributed by atoms with van der Waals surface area (Å²) >= 11 is 1.19. The van der Waals surface area contributed by atoms with Crippen LogP contribution in [-0.2, 0) is 26.1 Å². The van der Waals surface area contributed by atoms with Crippen LogP contribution in [0.3, 0.4) is 0 Å². The van der Waals surface area contributed by atoms with E-state index >= 15 is 0 Å². The fraction of sp³-hybridized carbons (Fsp3) is 0.125. The van der Waals surface area contributed by atoms with Gasteiger partial charge in [0, 0.05) is 11.3 Å². The first kappa shape index (κ1) is 25.1. The highest BCUT2D eigenvalue weighted by Crippen LogP contribution is 2.24. The summed E-state index contributed by atoms with van der Waals surface area (Å²) in [6.07, 6.45) is 0. The van der Waals surface area contributed by atoms with Gasteiger partial charge >= 0.3 is 5.97 Å². The molecule has 36 heavy (non-hydrogen) atoms. The minimum Gasteiger partial charge on any atom is -0.497 e. The van der Waals surface area contributed by atoms with Gasteiger partial charge in [-0.05, 0) is 60.7 Å². The van der Waals surface area contributed by atoms with Crippen LogP contribution in [0.25, 0.3) is 10.2 Å². The standard InChI is InChI=1S/C24H20FN3O6S2/c1-33-18-8-11-20-21(13-18)35-24(28(20)14-22(29)34-2)26-23(30)15-4-3-5-17(12-15)27-36(31,32)19-9-6-16(25)7-10-19/h3-13,27H,14H2,1-2H3. The molecule has 1 heterocycles. The summed E-state index contributed by atoms with van der Waals surface area (Å²) < 4.78 is 53.1. The zero-order chi connectivity index (χ0) is 25.9. The van der Waals surface area contributed by atoms with Crippen molar-refractivity contribution in [3.05, 3.63) is 82.9 Å². The number of ether oxygens (including phenoxy) is 2. The second kappa shape index (κ2) is 10.3. The second-order valence-corrected chi connectivity index (χ2v) is 10.1. The zero-order valence-electron chi connectivity index (χ0n) is 19.1.